The van der Waals surface area contributed by atoms with Crippen molar-refractivity contribution in [2.24, 2.45) is 0 Å². The van der Waals surface area contributed by atoms with Crippen LogP contribution in [0.5, 0.6) is 0 Å². The first-order chi connectivity index (χ1) is 8.93. The van der Waals surface area contributed by atoms with Gasteiger partial charge in [0.2, 0.25) is 10.0 Å². The van der Waals surface area contributed by atoms with Crippen molar-refractivity contribution in [3.05, 3.63) is 17.0 Å². The third-order valence-corrected chi connectivity index (χ3v) is 5.13. The molecule has 19 heavy (non-hydrogen) atoms. The van der Waals surface area contributed by atoms with Gasteiger partial charge in [-0.3, -0.25) is 10.00 Å². The molecule has 1 unspecified atom stereocenters. The van der Waals surface area contributed by atoms with Crippen molar-refractivity contribution in [3.8, 4) is 0 Å². The third kappa shape index (κ3) is 3.34. The van der Waals surface area contributed by atoms with E-state index in [1.807, 2.05) is 6.92 Å². The Kier molecular flexibility index (Phi) is 4.27. The van der Waals surface area contributed by atoms with Crippen LogP contribution >= 0.6 is 0 Å². The van der Waals surface area contributed by atoms with Crippen molar-refractivity contribution in [3.63, 3.8) is 0 Å². The maximum absolute atomic E-state index is 11.5. The van der Waals surface area contributed by atoms with Gasteiger partial charge in [0.05, 0.1) is 11.4 Å². The first-order valence-electron chi connectivity index (χ1n) is 6.67. The van der Waals surface area contributed by atoms with E-state index in [4.69, 9.17) is 0 Å². The lowest BCUT2D eigenvalue weighted by molar-refractivity contribution is 0.191. The second-order valence-electron chi connectivity index (χ2n) is 5.10. The zero-order valence-electron chi connectivity index (χ0n) is 11.7. The van der Waals surface area contributed by atoms with Crippen LogP contribution in [0.25, 0.3) is 0 Å². The van der Waals surface area contributed by atoms with E-state index in [9.17, 15) is 8.42 Å². The predicted molar refractivity (Wildman–Crippen MR) is 74.4 cm³/mol. The number of aromatic amines is 1. The van der Waals surface area contributed by atoms with Gasteiger partial charge >= 0.3 is 0 Å². The number of aryl methyl sites for hydroxylation is 1. The summed E-state index contributed by atoms with van der Waals surface area (Å²) < 4.78 is 25.6. The second kappa shape index (κ2) is 5.60. The molecule has 1 aromatic heterocycles. The van der Waals surface area contributed by atoms with Crippen LogP contribution in [0, 0.1) is 6.92 Å². The van der Waals surface area contributed by atoms with Crippen LogP contribution in [-0.2, 0) is 23.0 Å². The van der Waals surface area contributed by atoms with Crippen LogP contribution < -0.4 is 4.72 Å². The Hall–Kier alpha value is -0.920. The summed E-state index contributed by atoms with van der Waals surface area (Å²) in [5.74, 6) is 0.130. The van der Waals surface area contributed by atoms with Gasteiger partial charge in [-0.25, -0.2) is 13.1 Å². The minimum atomic E-state index is -3.11. The van der Waals surface area contributed by atoms with Gasteiger partial charge in [-0.05, 0) is 20.8 Å². The molecule has 2 heterocycles. The van der Waals surface area contributed by atoms with Crippen LogP contribution in [0.1, 0.15) is 30.8 Å². The molecular weight excluding hydrogens is 264 g/mol. The molecule has 2 rings (SSSR count). The highest BCUT2D eigenvalue weighted by atomic mass is 32.2. The lowest BCUT2D eigenvalue weighted by atomic mass is 10.0. The number of nitrogens with one attached hydrogen (secondary N) is 2. The fraction of sp³-hybridized carbons (Fsp3) is 0.750. The van der Waals surface area contributed by atoms with Crippen molar-refractivity contribution >= 4 is 10.0 Å². The largest absolute Gasteiger partial charge is 0.295 e. The maximum atomic E-state index is 11.5. The summed E-state index contributed by atoms with van der Waals surface area (Å²) in [4.78, 5) is 2.29. The van der Waals surface area contributed by atoms with E-state index in [1.165, 1.54) is 5.56 Å². The highest BCUT2D eigenvalue weighted by Crippen LogP contribution is 2.21. The van der Waals surface area contributed by atoms with Gasteiger partial charge in [-0.2, -0.15) is 5.10 Å². The van der Waals surface area contributed by atoms with E-state index in [2.05, 4.69) is 26.7 Å². The number of rotatable bonds is 5. The topological polar surface area (TPSA) is 78.1 Å². The maximum Gasteiger partial charge on any atom is 0.211 e. The Bertz CT molecular complexity index is 538. The lowest BCUT2D eigenvalue weighted by Crippen LogP contribution is -2.44. The molecule has 0 amide bonds. The molecule has 108 valence electrons. The lowest BCUT2D eigenvalue weighted by Gasteiger charge is -2.32. The number of sulfonamides is 1. The molecule has 1 aliphatic heterocycles. The minimum Gasteiger partial charge on any atom is -0.295 e. The Morgan fingerprint density at radius 3 is 2.95 bits per heavy atom. The number of hydrogen-bond acceptors (Lipinski definition) is 4. The quantitative estimate of drug-likeness (QED) is 0.821. The molecule has 7 heteroatoms. The van der Waals surface area contributed by atoms with E-state index in [-0.39, 0.29) is 11.8 Å². The number of hydrogen-bond donors (Lipinski definition) is 2. The summed E-state index contributed by atoms with van der Waals surface area (Å²) in [6.07, 6.45) is 0.921. The van der Waals surface area contributed by atoms with Crippen LogP contribution in [0.15, 0.2) is 0 Å². The van der Waals surface area contributed by atoms with Crippen molar-refractivity contribution in [1.29, 1.82) is 0 Å². The van der Waals surface area contributed by atoms with Crippen LogP contribution in [0.3, 0.4) is 0 Å². The molecule has 2 N–H and O–H groups in total. The first-order valence-corrected chi connectivity index (χ1v) is 8.32. The number of nitrogens with zero attached hydrogens (tertiary/aromatic N) is 2. The fourth-order valence-corrected chi connectivity index (χ4v) is 3.01. The molecule has 0 bridgehead atoms. The molecule has 0 saturated carbocycles. The van der Waals surface area contributed by atoms with Crippen molar-refractivity contribution in [2.75, 3.05) is 18.8 Å². The molecule has 0 aromatic carbocycles. The summed E-state index contributed by atoms with van der Waals surface area (Å²) >= 11 is 0. The summed E-state index contributed by atoms with van der Waals surface area (Å²) in [5, 5.41) is 7.30. The summed E-state index contributed by atoms with van der Waals surface area (Å²) in [6.45, 7) is 7.95. The zero-order chi connectivity index (χ0) is 14.0. The highest BCUT2D eigenvalue weighted by Gasteiger charge is 2.24. The molecule has 1 aromatic rings. The Morgan fingerprint density at radius 2 is 2.26 bits per heavy atom. The van der Waals surface area contributed by atoms with Gasteiger partial charge in [0.1, 0.15) is 0 Å². The smallest absolute Gasteiger partial charge is 0.211 e. The average molecular weight is 286 g/mol. The van der Waals surface area contributed by atoms with E-state index in [1.54, 1.807) is 6.92 Å². The van der Waals surface area contributed by atoms with Crippen LogP contribution in [0.2, 0.25) is 0 Å². The summed E-state index contributed by atoms with van der Waals surface area (Å²) in [5.41, 5.74) is 3.52. The van der Waals surface area contributed by atoms with E-state index in [0.29, 0.717) is 6.54 Å². The van der Waals surface area contributed by atoms with Gasteiger partial charge in [0, 0.05) is 43.4 Å². The van der Waals surface area contributed by atoms with Gasteiger partial charge in [0.25, 0.3) is 0 Å². The van der Waals surface area contributed by atoms with Crippen LogP contribution in [0.4, 0.5) is 0 Å². The Labute approximate surface area is 114 Å². The summed E-state index contributed by atoms with van der Waals surface area (Å²) in [7, 11) is -3.11. The molecule has 0 saturated heterocycles. The highest BCUT2D eigenvalue weighted by molar-refractivity contribution is 7.89. The van der Waals surface area contributed by atoms with Gasteiger partial charge in [-0.1, -0.05) is 0 Å². The SMILES string of the molecule is CCS(=O)(=O)NCC(C)N1CCc2n[nH]c(C)c2C1. The Morgan fingerprint density at radius 1 is 1.53 bits per heavy atom. The monoisotopic (exact) mass is 286 g/mol. The molecule has 0 spiro atoms. The average Bonchev–Trinajstić information content (AvgIpc) is 2.77. The summed E-state index contributed by atoms with van der Waals surface area (Å²) in [6, 6.07) is 0.184. The number of H-pyrrole nitrogens is 1. The molecule has 1 atom stereocenters. The van der Waals surface area contributed by atoms with Crippen LogP contribution in [-0.4, -0.2) is 48.4 Å². The molecule has 0 radical (unpaired) electrons. The predicted octanol–water partition coefficient (Wildman–Crippen LogP) is 0.404. The van der Waals surface area contributed by atoms with E-state index < -0.39 is 10.0 Å². The van der Waals surface area contributed by atoms with Crippen molar-refractivity contribution < 1.29 is 8.42 Å². The van der Waals surface area contributed by atoms with E-state index in [0.717, 1.165) is 30.9 Å². The van der Waals surface area contributed by atoms with E-state index >= 15 is 0 Å². The Balaban J connectivity index is 1.95. The van der Waals surface area contributed by atoms with Gasteiger partial charge < -0.3 is 0 Å². The number of aromatic nitrogens is 2. The minimum absolute atomic E-state index is 0.130. The van der Waals surface area contributed by atoms with Gasteiger partial charge in [0.15, 0.2) is 0 Å². The fourth-order valence-electron chi connectivity index (χ4n) is 2.31. The first kappa shape index (κ1) is 14.5. The molecule has 0 aliphatic carbocycles. The van der Waals surface area contributed by atoms with Crippen molar-refractivity contribution in [2.45, 2.75) is 39.8 Å². The normalized spacial score (nSPS) is 18.3. The molecule has 0 fully saturated rings. The second-order valence-corrected chi connectivity index (χ2v) is 7.19. The third-order valence-electron chi connectivity index (χ3n) is 3.76. The standard InChI is InChI=1S/C12H22N4O2S/c1-4-19(17,18)13-7-9(2)16-6-5-12-11(8-16)10(3)14-15-12/h9,13H,4-8H2,1-3H3,(H,14,15). The molecular formula is C12H22N4O2S. The molecule has 1 aliphatic rings. The number of fused-ring (bicyclic) bond motifs is 1. The van der Waals surface area contributed by atoms with Crippen molar-refractivity contribution in [1.82, 2.24) is 19.8 Å². The van der Waals surface area contributed by atoms with Gasteiger partial charge in [-0.15, -0.1) is 0 Å². The molecule has 6 nitrogen and oxygen atoms in total. The zero-order valence-corrected chi connectivity index (χ0v) is 12.5.